The Hall–Kier alpha value is -2.56. The van der Waals surface area contributed by atoms with Crippen molar-refractivity contribution in [3.63, 3.8) is 0 Å². The number of hydrogen-bond donors (Lipinski definition) is 0. The van der Waals surface area contributed by atoms with Crippen molar-refractivity contribution in [3.8, 4) is 6.07 Å². The number of furan rings is 1. The molecule has 0 saturated carbocycles. The van der Waals surface area contributed by atoms with E-state index in [2.05, 4.69) is 4.42 Å². The van der Waals surface area contributed by atoms with Crippen LogP contribution in [0.25, 0.3) is 0 Å². The lowest BCUT2D eigenvalue weighted by molar-refractivity contribution is -0.153. The molecule has 1 heterocycles. The second-order valence-corrected chi connectivity index (χ2v) is 7.38. The third-order valence-corrected chi connectivity index (χ3v) is 4.65. The molecule has 0 bridgehead atoms. The van der Waals surface area contributed by atoms with E-state index in [-0.39, 0.29) is 23.5 Å². The molecule has 8 heteroatoms. The summed E-state index contributed by atoms with van der Waals surface area (Å²) in [4.78, 5) is 26.2. The Morgan fingerprint density at radius 2 is 1.92 bits per heavy atom. The van der Waals surface area contributed by atoms with Crippen LogP contribution in [0.15, 0.2) is 22.1 Å². The van der Waals surface area contributed by atoms with E-state index in [9.17, 15) is 28.0 Å². The second kappa shape index (κ2) is 6.01. The molecule has 1 atom stereocenters. The summed E-state index contributed by atoms with van der Waals surface area (Å²) in [6, 6.07) is 2.85. The van der Waals surface area contributed by atoms with Crippen LogP contribution in [0.2, 0.25) is 0 Å². The van der Waals surface area contributed by atoms with Gasteiger partial charge in [0.2, 0.25) is 5.76 Å². The highest BCUT2D eigenvalue weighted by molar-refractivity contribution is 6.04. The molecular formula is C18H19F3N2O3. The Kier molecular flexibility index (Phi) is 4.57. The van der Waals surface area contributed by atoms with Crippen molar-refractivity contribution in [2.75, 3.05) is 7.05 Å². The summed E-state index contributed by atoms with van der Waals surface area (Å²) in [7, 11) is 1.35. The number of ketones is 1. The zero-order chi connectivity index (χ0) is 20.1. The summed E-state index contributed by atoms with van der Waals surface area (Å²) in [5.41, 5.74) is -2.74. The van der Waals surface area contributed by atoms with Gasteiger partial charge in [-0.3, -0.25) is 9.59 Å². The lowest BCUT2D eigenvalue weighted by Crippen LogP contribution is -2.52. The Balaban J connectivity index is 2.51. The highest BCUT2D eigenvalue weighted by atomic mass is 19.4. The maximum Gasteiger partial charge on any atom is 0.450 e. The first-order valence-electron chi connectivity index (χ1n) is 7.86. The first-order chi connectivity index (χ1) is 11.7. The summed E-state index contributed by atoms with van der Waals surface area (Å²) in [5, 5.41) is 9.21. The summed E-state index contributed by atoms with van der Waals surface area (Å²) in [5.74, 6) is -2.64. The van der Waals surface area contributed by atoms with Crippen molar-refractivity contribution < 1.29 is 27.2 Å². The second-order valence-electron chi connectivity index (χ2n) is 7.38. The number of carbonyl (C=O) groups is 2. The molecule has 0 saturated heterocycles. The van der Waals surface area contributed by atoms with Crippen LogP contribution in [-0.4, -0.2) is 29.2 Å². The van der Waals surface area contributed by atoms with E-state index in [0.717, 1.165) is 11.0 Å². The van der Waals surface area contributed by atoms with Gasteiger partial charge in [-0.05, 0) is 32.4 Å². The summed E-state index contributed by atoms with van der Waals surface area (Å²) in [6.07, 6.45) is -3.29. The van der Waals surface area contributed by atoms with Gasteiger partial charge in [-0.15, -0.1) is 0 Å². The number of carbonyl (C=O) groups excluding carboxylic acids is 2. The van der Waals surface area contributed by atoms with Crippen molar-refractivity contribution in [1.82, 2.24) is 4.90 Å². The fourth-order valence-electron chi connectivity index (χ4n) is 3.36. The van der Waals surface area contributed by atoms with Crippen LogP contribution < -0.4 is 0 Å². The van der Waals surface area contributed by atoms with E-state index < -0.39 is 34.4 Å². The highest BCUT2D eigenvalue weighted by Gasteiger charge is 2.47. The number of rotatable bonds is 2. The number of nitriles is 1. The van der Waals surface area contributed by atoms with Crippen LogP contribution in [0.3, 0.4) is 0 Å². The van der Waals surface area contributed by atoms with Gasteiger partial charge in [0.15, 0.2) is 5.78 Å². The number of Topliss-reactive ketones (excluding diaryl/α,β-unsaturated/α-hetero) is 1. The molecule has 2 rings (SSSR count). The monoisotopic (exact) mass is 368 g/mol. The number of hydrogen-bond acceptors (Lipinski definition) is 4. The van der Waals surface area contributed by atoms with E-state index in [1.54, 1.807) is 20.8 Å². The molecule has 0 aliphatic heterocycles. The fraction of sp³-hybridized carbons (Fsp3) is 0.500. The van der Waals surface area contributed by atoms with E-state index in [1.165, 1.54) is 20.0 Å². The lowest BCUT2D eigenvalue weighted by atomic mass is 9.68. The molecule has 1 aromatic rings. The molecule has 1 amide bonds. The number of aryl methyl sites for hydroxylation is 1. The SMILES string of the molecule is Cc1cc(C(=O)N(C)[C@]2(C)C=C(C#N)C(=O)C(C)(C)C2)c(C(F)(F)F)o1. The van der Waals surface area contributed by atoms with Gasteiger partial charge in [-0.2, -0.15) is 18.4 Å². The minimum Gasteiger partial charge on any atom is -0.456 e. The van der Waals surface area contributed by atoms with Gasteiger partial charge in [0.25, 0.3) is 5.91 Å². The van der Waals surface area contributed by atoms with E-state index >= 15 is 0 Å². The lowest BCUT2D eigenvalue weighted by Gasteiger charge is -2.44. The molecule has 1 aromatic heterocycles. The first kappa shape index (κ1) is 19.8. The summed E-state index contributed by atoms with van der Waals surface area (Å²) < 4.78 is 44.1. The molecule has 5 nitrogen and oxygen atoms in total. The average Bonchev–Trinajstić information content (AvgIpc) is 2.91. The number of amides is 1. The minimum atomic E-state index is -4.81. The first-order valence-corrected chi connectivity index (χ1v) is 7.86. The molecule has 140 valence electrons. The van der Waals surface area contributed by atoms with Gasteiger partial charge >= 0.3 is 6.18 Å². The molecule has 0 spiro atoms. The number of nitrogens with zero attached hydrogens (tertiary/aromatic N) is 2. The van der Waals surface area contributed by atoms with Crippen LogP contribution in [-0.2, 0) is 11.0 Å². The largest absolute Gasteiger partial charge is 0.456 e. The van der Waals surface area contributed by atoms with E-state index in [4.69, 9.17) is 0 Å². The van der Waals surface area contributed by atoms with Crippen molar-refractivity contribution in [1.29, 1.82) is 5.26 Å². The third-order valence-electron chi connectivity index (χ3n) is 4.65. The average molecular weight is 368 g/mol. The maximum absolute atomic E-state index is 13.1. The van der Waals surface area contributed by atoms with Crippen LogP contribution in [0, 0.1) is 23.7 Å². The maximum atomic E-state index is 13.1. The topological polar surface area (TPSA) is 74.3 Å². The molecule has 1 aliphatic carbocycles. The Bertz CT molecular complexity index is 843. The van der Waals surface area contributed by atoms with Gasteiger partial charge in [0, 0.05) is 12.5 Å². The van der Waals surface area contributed by atoms with Crippen molar-refractivity contribution >= 4 is 11.7 Å². The van der Waals surface area contributed by atoms with E-state index in [0.29, 0.717) is 0 Å². The Morgan fingerprint density at radius 3 is 2.42 bits per heavy atom. The van der Waals surface area contributed by atoms with Crippen LogP contribution in [0.4, 0.5) is 13.2 Å². The predicted octanol–water partition coefficient (Wildman–Crippen LogP) is 3.89. The van der Waals surface area contributed by atoms with Crippen molar-refractivity contribution in [3.05, 3.63) is 34.8 Å². The highest BCUT2D eigenvalue weighted by Crippen LogP contribution is 2.41. The smallest absolute Gasteiger partial charge is 0.450 e. The van der Waals surface area contributed by atoms with Gasteiger partial charge in [-0.25, -0.2) is 0 Å². The number of alkyl halides is 3. The van der Waals surface area contributed by atoms with Crippen LogP contribution >= 0.6 is 0 Å². The molecule has 0 N–H and O–H groups in total. The third kappa shape index (κ3) is 3.26. The zero-order valence-corrected chi connectivity index (χ0v) is 15.1. The zero-order valence-electron chi connectivity index (χ0n) is 15.1. The fourth-order valence-corrected chi connectivity index (χ4v) is 3.36. The van der Waals surface area contributed by atoms with Crippen LogP contribution in [0.5, 0.6) is 0 Å². The predicted molar refractivity (Wildman–Crippen MR) is 86.0 cm³/mol. The van der Waals surface area contributed by atoms with Crippen LogP contribution in [0.1, 0.15) is 49.1 Å². The van der Waals surface area contributed by atoms with Gasteiger partial charge < -0.3 is 9.32 Å². The molecule has 0 radical (unpaired) electrons. The standard InChI is InChI=1S/C18H19F3N2O3/c1-10-6-12(14(26-10)18(19,20)21)15(25)23(5)17(4)7-11(8-22)13(24)16(2,3)9-17/h6-7H,9H2,1-5H3/t17-/m1/s1. The summed E-state index contributed by atoms with van der Waals surface area (Å²) >= 11 is 0. The summed E-state index contributed by atoms with van der Waals surface area (Å²) in [6.45, 7) is 6.21. The number of likely N-dealkylation sites (N-methyl/N-ethyl adjacent to an activating group) is 1. The Morgan fingerprint density at radius 1 is 1.35 bits per heavy atom. The van der Waals surface area contributed by atoms with Crippen molar-refractivity contribution in [2.24, 2.45) is 5.41 Å². The molecular weight excluding hydrogens is 349 g/mol. The normalized spacial score (nSPS) is 22.6. The number of halogens is 3. The number of allylic oxidation sites excluding steroid dienone is 1. The molecule has 0 fully saturated rings. The minimum absolute atomic E-state index is 0.0355. The van der Waals surface area contributed by atoms with Gasteiger partial charge in [0.05, 0.1) is 16.7 Å². The quantitative estimate of drug-likeness (QED) is 0.794. The Labute approximate surface area is 149 Å². The molecule has 0 unspecified atom stereocenters. The molecule has 0 aromatic carbocycles. The van der Waals surface area contributed by atoms with Crippen molar-refractivity contribution in [2.45, 2.75) is 45.8 Å². The molecule has 26 heavy (non-hydrogen) atoms. The van der Waals surface area contributed by atoms with Gasteiger partial charge in [-0.1, -0.05) is 13.8 Å². The molecule has 1 aliphatic rings. The van der Waals surface area contributed by atoms with E-state index in [1.807, 2.05) is 6.07 Å². The van der Waals surface area contributed by atoms with Gasteiger partial charge in [0.1, 0.15) is 11.8 Å².